The molecule has 2 heterocycles. The van der Waals surface area contributed by atoms with E-state index < -0.39 is 0 Å². The zero-order valence-electron chi connectivity index (χ0n) is 13.7. The number of piperazine rings is 1. The number of hydrogen-bond donors (Lipinski definition) is 1. The number of benzene rings is 1. The van der Waals surface area contributed by atoms with Crippen LogP contribution < -0.4 is 0 Å². The van der Waals surface area contributed by atoms with Gasteiger partial charge in [0, 0.05) is 43.6 Å². The number of rotatable bonds is 3. The summed E-state index contributed by atoms with van der Waals surface area (Å²) < 4.78 is 0. The fourth-order valence-electron chi connectivity index (χ4n) is 3.18. The molecule has 1 saturated heterocycles. The van der Waals surface area contributed by atoms with Gasteiger partial charge in [0.25, 0.3) is 5.91 Å². The Morgan fingerprint density at radius 1 is 1.18 bits per heavy atom. The number of nitrogens with zero attached hydrogens (tertiary/aromatic N) is 2. The summed E-state index contributed by atoms with van der Waals surface area (Å²) in [5, 5.41) is 1.10. The van der Waals surface area contributed by atoms with Gasteiger partial charge < -0.3 is 9.88 Å². The minimum atomic E-state index is 0.123. The second-order valence-electron chi connectivity index (χ2n) is 6.76. The van der Waals surface area contributed by atoms with Crippen LogP contribution in [0.25, 0.3) is 10.9 Å². The van der Waals surface area contributed by atoms with E-state index in [1.54, 1.807) is 0 Å². The zero-order chi connectivity index (χ0) is 15.7. The number of aromatic amines is 1. The van der Waals surface area contributed by atoms with E-state index in [1.165, 1.54) is 5.56 Å². The smallest absolute Gasteiger partial charge is 0.270 e. The minimum absolute atomic E-state index is 0.123. The summed E-state index contributed by atoms with van der Waals surface area (Å²) in [6.07, 6.45) is 0. The van der Waals surface area contributed by atoms with Gasteiger partial charge in [0.2, 0.25) is 0 Å². The van der Waals surface area contributed by atoms with Gasteiger partial charge in [-0.15, -0.1) is 0 Å². The largest absolute Gasteiger partial charge is 0.351 e. The third kappa shape index (κ3) is 3.17. The molecule has 0 unspecified atom stereocenters. The van der Waals surface area contributed by atoms with Crippen LogP contribution in [0.2, 0.25) is 0 Å². The summed E-state index contributed by atoms with van der Waals surface area (Å²) in [4.78, 5) is 20.3. The van der Waals surface area contributed by atoms with Gasteiger partial charge in [-0.05, 0) is 30.5 Å². The van der Waals surface area contributed by atoms with E-state index in [0.29, 0.717) is 11.6 Å². The van der Waals surface area contributed by atoms with Crippen molar-refractivity contribution < 1.29 is 4.79 Å². The van der Waals surface area contributed by atoms with Crippen molar-refractivity contribution in [2.75, 3.05) is 32.7 Å². The summed E-state index contributed by atoms with van der Waals surface area (Å²) in [6.45, 7) is 11.3. The fourth-order valence-corrected chi connectivity index (χ4v) is 3.18. The van der Waals surface area contributed by atoms with Crippen molar-refractivity contribution in [1.82, 2.24) is 14.8 Å². The number of H-pyrrole nitrogens is 1. The molecule has 4 heteroatoms. The summed E-state index contributed by atoms with van der Waals surface area (Å²) in [7, 11) is 0. The Labute approximate surface area is 132 Å². The molecule has 1 aromatic carbocycles. The molecule has 0 aliphatic carbocycles. The van der Waals surface area contributed by atoms with E-state index in [4.69, 9.17) is 0 Å². The van der Waals surface area contributed by atoms with Crippen molar-refractivity contribution in [2.45, 2.75) is 20.8 Å². The molecule has 1 fully saturated rings. The van der Waals surface area contributed by atoms with Gasteiger partial charge in [0.1, 0.15) is 5.69 Å². The lowest BCUT2D eigenvalue weighted by molar-refractivity contribution is 0.0619. The molecule has 0 atom stereocenters. The molecule has 1 N–H and O–H groups in total. The van der Waals surface area contributed by atoms with Crippen LogP contribution in [0.1, 0.15) is 29.9 Å². The molecular weight excluding hydrogens is 274 g/mol. The lowest BCUT2D eigenvalue weighted by Gasteiger charge is -2.35. The van der Waals surface area contributed by atoms with Gasteiger partial charge >= 0.3 is 0 Å². The predicted molar refractivity (Wildman–Crippen MR) is 90.2 cm³/mol. The van der Waals surface area contributed by atoms with Crippen molar-refractivity contribution in [3.63, 3.8) is 0 Å². The number of amides is 1. The SMILES string of the molecule is Cc1ccc2cc(C(=O)N3CCN(CC(C)C)CC3)[nH]c2c1. The van der Waals surface area contributed by atoms with Crippen LogP contribution in [-0.4, -0.2) is 53.4 Å². The lowest BCUT2D eigenvalue weighted by atomic mass is 10.2. The number of aromatic nitrogens is 1. The first kappa shape index (κ1) is 15.1. The highest BCUT2D eigenvalue weighted by molar-refractivity contribution is 5.98. The Hall–Kier alpha value is -1.81. The topological polar surface area (TPSA) is 39.3 Å². The number of carbonyl (C=O) groups is 1. The second-order valence-corrected chi connectivity index (χ2v) is 6.76. The van der Waals surface area contributed by atoms with E-state index in [9.17, 15) is 4.79 Å². The molecule has 1 aliphatic rings. The van der Waals surface area contributed by atoms with Gasteiger partial charge in [0.15, 0.2) is 0 Å². The maximum atomic E-state index is 12.7. The second kappa shape index (κ2) is 6.13. The van der Waals surface area contributed by atoms with Crippen molar-refractivity contribution >= 4 is 16.8 Å². The third-order valence-corrected chi connectivity index (χ3v) is 4.29. The highest BCUT2D eigenvalue weighted by Gasteiger charge is 2.23. The summed E-state index contributed by atoms with van der Waals surface area (Å²) in [5.74, 6) is 0.803. The number of fused-ring (bicyclic) bond motifs is 1. The van der Waals surface area contributed by atoms with Crippen molar-refractivity contribution in [3.05, 3.63) is 35.5 Å². The number of carbonyl (C=O) groups excluding carboxylic acids is 1. The molecule has 118 valence electrons. The molecule has 1 aliphatic heterocycles. The molecular formula is C18H25N3O. The van der Waals surface area contributed by atoms with Crippen molar-refractivity contribution in [2.24, 2.45) is 5.92 Å². The van der Waals surface area contributed by atoms with E-state index in [2.05, 4.69) is 48.9 Å². The summed E-state index contributed by atoms with van der Waals surface area (Å²) in [5.41, 5.74) is 2.95. The summed E-state index contributed by atoms with van der Waals surface area (Å²) >= 11 is 0. The Morgan fingerprint density at radius 2 is 1.91 bits per heavy atom. The van der Waals surface area contributed by atoms with E-state index in [0.717, 1.165) is 43.6 Å². The first-order chi connectivity index (χ1) is 10.5. The first-order valence-electron chi connectivity index (χ1n) is 8.14. The Balaban J connectivity index is 1.68. The Kier molecular flexibility index (Phi) is 4.21. The van der Waals surface area contributed by atoms with Crippen LogP contribution in [0.3, 0.4) is 0 Å². The van der Waals surface area contributed by atoms with Crippen molar-refractivity contribution in [3.8, 4) is 0 Å². The zero-order valence-corrected chi connectivity index (χ0v) is 13.7. The molecule has 0 bridgehead atoms. The molecule has 0 spiro atoms. The third-order valence-electron chi connectivity index (χ3n) is 4.29. The molecule has 2 aromatic rings. The van der Waals surface area contributed by atoms with E-state index in [-0.39, 0.29) is 5.91 Å². The maximum Gasteiger partial charge on any atom is 0.270 e. The molecule has 3 rings (SSSR count). The predicted octanol–water partition coefficient (Wildman–Crippen LogP) is 2.89. The van der Waals surface area contributed by atoms with Crippen LogP contribution in [0.15, 0.2) is 24.3 Å². The van der Waals surface area contributed by atoms with Crippen LogP contribution in [-0.2, 0) is 0 Å². The molecule has 1 amide bonds. The van der Waals surface area contributed by atoms with Crippen LogP contribution in [0.5, 0.6) is 0 Å². The number of aryl methyl sites for hydroxylation is 1. The molecule has 1 aromatic heterocycles. The molecule has 0 radical (unpaired) electrons. The lowest BCUT2D eigenvalue weighted by Crippen LogP contribution is -2.49. The maximum absolute atomic E-state index is 12.7. The number of nitrogens with one attached hydrogen (secondary N) is 1. The number of hydrogen-bond acceptors (Lipinski definition) is 2. The molecule has 22 heavy (non-hydrogen) atoms. The van der Waals surface area contributed by atoms with Gasteiger partial charge in [-0.1, -0.05) is 26.0 Å². The average molecular weight is 299 g/mol. The van der Waals surface area contributed by atoms with Crippen LogP contribution >= 0.6 is 0 Å². The molecule has 4 nitrogen and oxygen atoms in total. The fraction of sp³-hybridized carbons (Fsp3) is 0.500. The average Bonchev–Trinajstić information content (AvgIpc) is 2.89. The standard InChI is InChI=1S/C18H25N3O/c1-13(2)12-20-6-8-21(9-7-20)18(22)17-11-15-5-4-14(3)10-16(15)19-17/h4-5,10-11,13,19H,6-9,12H2,1-3H3. The monoisotopic (exact) mass is 299 g/mol. The Bertz CT molecular complexity index is 666. The minimum Gasteiger partial charge on any atom is -0.351 e. The highest BCUT2D eigenvalue weighted by Crippen LogP contribution is 2.18. The van der Waals surface area contributed by atoms with Crippen LogP contribution in [0.4, 0.5) is 0 Å². The summed E-state index contributed by atoms with van der Waals surface area (Å²) in [6, 6.07) is 8.21. The van der Waals surface area contributed by atoms with Gasteiger partial charge in [-0.2, -0.15) is 0 Å². The Morgan fingerprint density at radius 3 is 2.59 bits per heavy atom. The van der Waals surface area contributed by atoms with Crippen LogP contribution in [0, 0.1) is 12.8 Å². The highest BCUT2D eigenvalue weighted by atomic mass is 16.2. The van der Waals surface area contributed by atoms with E-state index in [1.807, 2.05) is 11.0 Å². The normalized spacial score (nSPS) is 16.6. The van der Waals surface area contributed by atoms with Gasteiger partial charge in [-0.25, -0.2) is 0 Å². The molecule has 0 saturated carbocycles. The van der Waals surface area contributed by atoms with Gasteiger partial charge in [0.05, 0.1) is 0 Å². The first-order valence-corrected chi connectivity index (χ1v) is 8.14. The van der Waals surface area contributed by atoms with E-state index >= 15 is 0 Å². The van der Waals surface area contributed by atoms with Crippen molar-refractivity contribution in [1.29, 1.82) is 0 Å². The quantitative estimate of drug-likeness (QED) is 0.946. The van der Waals surface area contributed by atoms with Gasteiger partial charge in [-0.3, -0.25) is 9.69 Å².